The molecule has 2 N–H and O–H groups in total. The number of benzene rings is 6. The molecule has 6 aromatic carbocycles. The van der Waals surface area contributed by atoms with Crippen LogP contribution in [0.2, 0.25) is 0 Å². The van der Waals surface area contributed by atoms with Gasteiger partial charge in [-0.05, 0) is 92.1 Å². The number of nitrogens with one attached hydrogen (secondary N) is 2. The lowest BCUT2D eigenvalue weighted by atomic mass is 9.91. The van der Waals surface area contributed by atoms with Crippen LogP contribution in [0.15, 0.2) is 193 Å². The second kappa shape index (κ2) is 13.9. The first kappa shape index (κ1) is 31.2. The predicted molar refractivity (Wildman–Crippen MR) is 215 cm³/mol. The minimum atomic E-state index is -0.0530. The van der Waals surface area contributed by atoms with E-state index >= 15 is 0 Å². The van der Waals surface area contributed by atoms with E-state index in [1.165, 1.54) is 22.3 Å². The molecule has 0 saturated carbocycles. The van der Waals surface area contributed by atoms with E-state index in [2.05, 4.69) is 185 Å². The highest BCUT2D eigenvalue weighted by Gasteiger charge is 2.25. The predicted octanol–water partition coefficient (Wildman–Crippen LogP) is 10.9. The molecule has 0 aliphatic carbocycles. The minimum Gasteiger partial charge on any atom is -0.380 e. The minimum absolute atomic E-state index is 0.0530. The number of amidine groups is 1. The zero-order valence-electron chi connectivity index (χ0n) is 28.6. The molecule has 248 valence electrons. The van der Waals surface area contributed by atoms with Gasteiger partial charge in [-0.2, -0.15) is 0 Å². The first-order valence-corrected chi connectivity index (χ1v) is 17.7. The standard InChI is InChI=1S/C48H36N4/c1-4-11-33(12-5-1)38-22-24-44-46(30-38)51-48(52-47(44)37-15-8-3-9-16-37)43-28-41(36-20-18-35(19-21-36)39-17-10-26-49-31-39)27-42(29-43)45-25-23-40(32-50-45)34-13-6-2-7-14-34/h1-31,47,50H,32H2,(H,51,52). The summed E-state index contributed by atoms with van der Waals surface area (Å²) in [7, 11) is 0. The highest BCUT2D eigenvalue weighted by atomic mass is 15.1. The summed E-state index contributed by atoms with van der Waals surface area (Å²) in [6.07, 6.45) is 8.15. The van der Waals surface area contributed by atoms with E-state index in [0.29, 0.717) is 0 Å². The van der Waals surface area contributed by atoms with E-state index < -0.39 is 0 Å². The van der Waals surface area contributed by atoms with Crippen molar-refractivity contribution in [1.82, 2.24) is 15.6 Å². The van der Waals surface area contributed by atoms with E-state index in [1.807, 2.05) is 18.5 Å². The molecule has 0 bridgehead atoms. The number of aliphatic imine (C=N–C) groups is 1. The Labute approximate surface area is 304 Å². The fourth-order valence-electron chi connectivity index (χ4n) is 7.13. The van der Waals surface area contributed by atoms with Crippen LogP contribution in [0.4, 0.5) is 5.69 Å². The van der Waals surface area contributed by atoms with Crippen molar-refractivity contribution in [3.05, 3.63) is 216 Å². The van der Waals surface area contributed by atoms with Crippen molar-refractivity contribution in [2.45, 2.75) is 6.04 Å². The highest BCUT2D eigenvalue weighted by Crippen LogP contribution is 2.38. The van der Waals surface area contributed by atoms with Gasteiger partial charge in [0.25, 0.3) is 0 Å². The Kier molecular flexibility index (Phi) is 8.32. The molecule has 7 aromatic rings. The van der Waals surface area contributed by atoms with Crippen molar-refractivity contribution < 1.29 is 0 Å². The normalized spacial score (nSPS) is 14.9. The van der Waals surface area contributed by atoms with Gasteiger partial charge >= 0.3 is 0 Å². The van der Waals surface area contributed by atoms with Crippen LogP contribution in [0.3, 0.4) is 0 Å². The largest absolute Gasteiger partial charge is 0.380 e. The molecule has 3 heterocycles. The molecule has 0 radical (unpaired) electrons. The molecule has 9 rings (SSSR count). The quantitative estimate of drug-likeness (QED) is 0.178. The monoisotopic (exact) mass is 668 g/mol. The first-order valence-electron chi connectivity index (χ1n) is 17.7. The van der Waals surface area contributed by atoms with Crippen molar-refractivity contribution in [2.75, 3.05) is 6.54 Å². The van der Waals surface area contributed by atoms with Gasteiger partial charge in [0.2, 0.25) is 0 Å². The van der Waals surface area contributed by atoms with E-state index in [1.54, 1.807) is 0 Å². The van der Waals surface area contributed by atoms with Gasteiger partial charge < -0.3 is 10.6 Å². The average Bonchev–Trinajstić information content (AvgIpc) is 3.24. The molecule has 4 heteroatoms. The van der Waals surface area contributed by atoms with Gasteiger partial charge in [-0.3, -0.25) is 4.98 Å². The van der Waals surface area contributed by atoms with E-state index in [9.17, 15) is 0 Å². The number of hydrogen-bond donors (Lipinski definition) is 2. The molecule has 0 saturated heterocycles. The number of rotatable bonds is 7. The number of nitrogens with zero attached hydrogens (tertiary/aromatic N) is 2. The molecule has 52 heavy (non-hydrogen) atoms. The zero-order valence-corrected chi connectivity index (χ0v) is 28.6. The van der Waals surface area contributed by atoms with Crippen LogP contribution in [-0.2, 0) is 0 Å². The molecular weight excluding hydrogens is 633 g/mol. The smallest absolute Gasteiger partial charge is 0.134 e. The van der Waals surface area contributed by atoms with Gasteiger partial charge in [-0.25, -0.2) is 4.99 Å². The summed E-state index contributed by atoms with van der Waals surface area (Å²) in [5.41, 5.74) is 15.9. The molecular formula is C48H36N4. The lowest BCUT2D eigenvalue weighted by Crippen LogP contribution is -2.33. The third-order valence-electron chi connectivity index (χ3n) is 9.89. The summed E-state index contributed by atoms with van der Waals surface area (Å²) in [5.74, 6) is 0.846. The van der Waals surface area contributed by atoms with Gasteiger partial charge in [0.05, 0.1) is 11.7 Å². The lowest BCUT2D eigenvalue weighted by molar-refractivity contribution is 0.749. The maximum Gasteiger partial charge on any atom is 0.134 e. The van der Waals surface area contributed by atoms with Gasteiger partial charge in [0.1, 0.15) is 5.84 Å². The number of dihydropyridines is 1. The number of pyridine rings is 1. The van der Waals surface area contributed by atoms with Crippen LogP contribution >= 0.6 is 0 Å². The molecule has 0 amide bonds. The fourth-order valence-corrected chi connectivity index (χ4v) is 7.13. The van der Waals surface area contributed by atoms with Crippen LogP contribution in [0.5, 0.6) is 0 Å². The second-order valence-electron chi connectivity index (χ2n) is 13.2. The maximum absolute atomic E-state index is 5.35. The molecule has 4 nitrogen and oxygen atoms in total. The number of hydrogen-bond acceptors (Lipinski definition) is 4. The maximum atomic E-state index is 5.35. The summed E-state index contributed by atoms with van der Waals surface area (Å²) in [6.45, 7) is 0.750. The number of aromatic nitrogens is 1. The average molecular weight is 669 g/mol. The van der Waals surface area contributed by atoms with Crippen molar-refractivity contribution in [3.63, 3.8) is 0 Å². The molecule has 2 aliphatic heterocycles. The Balaban J connectivity index is 1.17. The van der Waals surface area contributed by atoms with Crippen LogP contribution in [0, 0.1) is 0 Å². The third kappa shape index (κ3) is 6.34. The fraction of sp³-hybridized carbons (Fsp3) is 0.0417. The molecule has 1 unspecified atom stereocenters. The molecule has 2 aliphatic rings. The summed E-state index contributed by atoms with van der Waals surface area (Å²) < 4.78 is 0. The Bertz CT molecular complexity index is 2450. The molecule has 1 aromatic heterocycles. The molecule has 0 fully saturated rings. The van der Waals surface area contributed by atoms with E-state index in [0.717, 1.165) is 68.3 Å². The first-order chi connectivity index (χ1) is 25.7. The van der Waals surface area contributed by atoms with E-state index in [4.69, 9.17) is 4.99 Å². The summed E-state index contributed by atoms with van der Waals surface area (Å²) in [4.78, 5) is 9.67. The van der Waals surface area contributed by atoms with Crippen LogP contribution in [0.25, 0.3) is 44.7 Å². The zero-order chi connectivity index (χ0) is 34.7. The number of fused-ring (bicyclic) bond motifs is 1. The second-order valence-corrected chi connectivity index (χ2v) is 13.2. The van der Waals surface area contributed by atoms with Gasteiger partial charge in [0.15, 0.2) is 0 Å². The van der Waals surface area contributed by atoms with Crippen molar-refractivity contribution in [1.29, 1.82) is 0 Å². The topological polar surface area (TPSA) is 49.3 Å². The molecule has 0 spiro atoms. The van der Waals surface area contributed by atoms with Crippen molar-refractivity contribution >= 4 is 22.8 Å². The molecule has 1 atom stereocenters. The Morgan fingerprint density at radius 3 is 1.79 bits per heavy atom. The van der Waals surface area contributed by atoms with Crippen molar-refractivity contribution in [2.24, 2.45) is 4.99 Å². The van der Waals surface area contributed by atoms with Gasteiger partial charge in [-0.1, -0.05) is 140 Å². The van der Waals surface area contributed by atoms with Crippen molar-refractivity contribution in [3.8, 4) is 33.4 Å². The lowest BCUT2D eigenvalue weighted by Gasteiger charge is -2.29. The summed E-state index contributed by atoms with van der Waals surface area (Å²) in [5, 5.41) is 7.59. The highest BCUT2D eigenvalue weighted by molar-refractivity contribution is 6.04. The van der Waals surface area contributed by atoms with Crippen LogP contribution in [0.1, 0.15) is 33.9 Å². The summed E-state index contributed by atoms with van der Waals surface area (Å²) >= 11 is 0. The SMILES string of the molecule is C1=C(c2ccccc2)CNC(c2cc(C3=Nc4cc(-c5ccccc5)ccc4C(c4ccccc4)N3)cc(-c3ccc(-c4cccnc4)cc3)c2)=C1. The van der Waals surface area contributed by atoms with Gasteiger partial charge in [-0.15, -0.1) is 0 Å². The van der Waals surface area contributed by atoms with Crippen LogP contribution in [-0.4, -0.2) is 17.4 Å². The number of allylic oxidation sites excluding steroid dienone is 2. The third-order valence-corrected chi connectivity index (χ3v) is 9.89. The Morgan fingerprint density at radius 1 is 0.481 bits per heavy atom. The Morgan fingerprint density at radius 2 is 1.10 bits per heavy atom. The summed E-state index contributed by atoms with van der Waals surface area (Å²) in [6, 6.07) is 58.0. The van der Waals surface area contributed by atoms with E-state index in [-0.39, 0.29) is 6.04 Å². The van der Waals surface area contributed by atoms with Gasteiger partial charge in [0, 0.05) is 35.8 Å². The Hall–Kier alpha value is -6.78. The van der Waals surface area contributed by atoms with Crippen LogP contribution < -0.4 is 10.6 Å².